The maximum atomic E-state index is 2.65. The summed E-state index contributed by atoms with van der Waals surface area (Å²) in [5.41, 5.74) is 1.47. The summed E-state index contributed by atoms with van der Waals surface area (Å²) in [6.45, 7) is 10.5. The normalized spacial score (nSPS) is 21.5. The lowest BCUT2D eigenvalue weighted by molar-refractivity contribution is 0.185. The molecule has 1 fully saturated rings. The Morgan fingerprint density at radius 2 is 1.27 bits per heavy atom. The van der Waals surface area contributed by atoms with Gasteiger partial charge >= 0.3 is 0 Å². The van der Waals surface area contributed by atoms with Crippen LogP contribution in [0.2, 0.25) is 0 Å². The summed E-state index contributed by atoms with van der Waals surface area (Å²) >= 11 is 1.86. The predicted molar refractivity (Wildman–Crippen MR) is 115 cm³/mol. The van der Waals surface area contributed by atoms with Crippen molar-refractivity contribution in [1.29, 1.82) is 0 Å². The van der Waals surface area contributed by atoms with Gasteiger partial charge in [-0.2, -0.15) is 0 Å². The Morgan fingerprint density at radius 1 is 0.731 bits per heavy atom. The largest absolute Gasteiger partial charge is 0.305 e. The minimum absolute atomic E-state index is 1.07. The molecule has 4 nitrogen and oxygen atoms in total. The van der Waals surface area contributed by atoms with E-state index in [1.54, 1.807) is 0 Å². The molecule has 0 radical (unpaired) electrons. The lowest BCUT2D eigenvalue weighted by Crippen LogP contribution is -2.38. The number of thioether (sulfide) groups is 1. The molecule has 1 aromatic carbocycles. The zero-order valence-electron chi connectivity index (χ0n) is 17.3. The lowest BCUT2D eigenvalue weighted by Gasteiger charge is -2.29. The van der Waals surface area contributed by atoms with E-state index in [2.05, 4.69) is 71.3 Å². The average molecular weight is 379 g/mol. The minimum Gasteiger partial charge on any atom is -0.305 e. The van der Waals surface area contributed by atoms with Gasteiger partial charge in [-0.3, -0.25) is 4.90 Å². The van der Waals surface area contributed by atoms with E-state index in [1.807, 2.05) is 11.8 Å². The summed E-state index contributed by atoms with van der Waals surface area (Å²) in [7, 11) is 6.79. The van der Waals surface area contributed by atoms with Gasteiger partial charge in [-0.25, -0.2) is 0 Å². The second-order valence-electron chi connectivity index (χ2n) is 7.70. The van der Waals surface area contributed by atoms with Gasteiger partial charge in [0.05, 0.1) is 0 Å². The van der Waals surface area contributed by atoms with Crippen molar-refractivity contribution in [3.8, 4) is 0 Å². The second-order valence-corrected chi connectivity index (χ2v) is 8.55. The fourth-order valence-corrected chi connectivity index (χ4v) is 4.12. The van der Waals surface area contributed by atoms with Crippen LogP contribution in [0.25, 0.3) is 0 Å². The van der Waals surface area contributed by atoms with Gasteiger partial charge in [-0.15, -0.1) is 11.8 Å². The third-order valence-electron chi connectivity index (χ3n) is 5.34. The van der Waals surface area contributed by atoms with Crippen molar-refractivity contribution in [2.75, 3.05) is 79.8 Å². The summed E-state index contributed by atoms with van der Waals surface area (Å²) in [4.78, 5) is 11.5. The van der Waals surface area contributed by atoms with Crippen LogP contribution in [0.5, 0.6) is 0 Å². The van der Waals surface area contributed by atoms with E-state index in [0.29, 0.717) is 0 Å². The van der Waals surface area contributed by atoms with Crippen LogP contribution in [0, 0.1) is 0 Å². The van der Waals surface area contributed by atoms with Crippen LogP contribution < -0.4 is 0 Å². The first-order valence-corrected chi connectivity index (χ1v) is 11.2. The molecule has 1 saturated heterocycles. The topological polar surface area (TPSA) is 13.0 Å². The molecule has 5 heteroatoms. The fourth-order valence-electron chi connectivity index (χ4n) is 3.51. The third-order valence-corrected chi connectivity index (χ3v) is 6.18. The highest BCUT2D eigenvalue weighted by atomic mass is 32.2. The smallest absolute Gasteiger partial charge is 0.0245 e. The number of likely N-dealkylation sites (N-methyl/N-ethyl adjacent to an activating group) is 3. The zero-order chi connectivity index (χ0) is 18.8. The Labute approximate surface area is 165 Å². The van der Waals surface area contributed by atoms with Crippen molar-refractivity contribution in [3.63, 3.8) is 0 Å². The number of hydrogen-bond acceptors (Lipinski definition) is 5. The molecule has 0 spiro atoms. The van der Waals surface area contributed by atoms with Crippen molar-refractivity contribution in [1.82, 2.24) is 19.6 Å². The summed E-state index contributed by atoms with van der Waals surface area (Å²) in [5, 5.41) is 0. The predicted octanol–water partition coefficient (Wildman–Crippen LogP) is 2.80. The highest BCUT2D eigenvalue weighted by molar-refractivity contribution is 7.98. The van der Waals surface area contributed by atoms with Crippen LogP contribution in [0.3, 0.4) is 0 Å². The molecule has 0 saturated carbocycles. The molecule has 148 valence electrons. The first-order chi connectivity index (χ1) is 12.6. The van der Waals surface area contributed by atoms with Crippen molar-refractivity contribution in [2.45, 2.75) is 24.3 Å². The average Bonchev–Trinajstić information content (AvgIpc) is 2.64. The fraction of sp³-hybridized carbons (Fsp3) is 0.714. The molecule has 1 heterocycles. The molecule has 2 rings (SSSR count). The first-order valence-electron chi connectivity index (χ1n) is 9.98. The molecule has 0 amide bonds. The molecule has 26 heavy (non-hydrogen) atoms. The summed E-state index contributed by atoms with van der Waals surface area (Å²) < 4.78 is 0. The highest BCUT2D eigenvalue weighted by Gasteiger charge is 2.12. The summed E-state index contributed by atoms with van der Waals surface area (Å²) in [6, 6.07) is 8.87. The van der Waals surface area contributed by atoms with Crippen molar-refractivity contribution >= 4 is 11.8 Å². The molecule has 0 N–H and O–H groups in total. The van der Waals surface area contributed by atoms with E-state index in [-0.39, 0.29) is 0 Å². The molecule has 0 aromatic heterocycles. The Morgan fingerprint density at radius 3 is 1.88 bits per heavy atom. The molecule has 1 aliphatic rings. The third kappa shape index (κ3) is 7.97. The van der Waals surface area contributed by atoms with E-state index in [4.69, 9.17) is 0 Å². The lowest BCUT2D eigenvalue weighted by atomic mass is 10.2. The van der Waals surface area contributed by atoms with Crippen LogP contribution >= 0.6 is 11.8 Å². The Kier molecular flexibility index (Phi) is 10.0. The van der Waals surface area contributed by atoms with E-state index in [0.717, 1.165) is 19.6 Å². The van der Waals surface area contributed by atoms with Crippen LogP contribution in [-0.4, -0.2) is 99.4 Å². The van der Waals surface area contributed by atoms with Gasteiger partial charge in [0.1, 0.15) is 0 Å². The van der Waals surface area contributed by atoms with Gasteiger partial charge in [0.25, 0.3) is 0 Å². The minimum atomic E-state index is 1.07. The van der Waals surface area contributed by atoms with Gasteiger partial charge in [0, 0.05) is 37.6 Å². The van der Waals surface area contributed by atoms with Crippen molar-refractivity contribution in [2.24, 2.45) is 0 Å². The van der Waals surface area contributed by atoms with E-state index < -0.39 is 0 Å². The van der Waals surface area contributed by atoms with Crippen LogP contribution in [0.1, 0.15) is 18.4 Å². The maximum absolute atomic E-state index is 2.65. The number of hydrogen-bond donors (Lipinski definition) is 0. The molecule has 1 aliphatic heterocycles. The second kappa shape index (κ2) is 12.0. The van der Waals surface area contributed by atoms with Crippen LogP contribution in [0.4, 0.5) is 0 Å². The highest BCUT2D eigenvalue weighted by Crippen LogP contribution is 2.21. The summed E-state index contributed by atoms with van der Waals surface area (Å²) in [5.74, 6) is 0. The summed E-state index contributed by atoms with van der Waals surface area (Å²) in [6.07, 6.45) is 4.68. The van der Waals surface area contributed by atoms with Crippen molar-refractivity contribution in [3.05, 3.63) is 29.8 Å². The Hall–Kier alpha value is -0.590. The first kappa shape index (κ1) is 21.7. The number of nitrogens with zero attached hydrogens (tertiary/aromatic N) is 4. The van der Waals surface area contributed by atoms with Crippen LogP contribution in [-0.2, 0) is 6.54 Å². The van der Waals surface area contributed by atoms with E-state index >= 15 is 0 Å². The van der Waals surface area contributed by atoms with Gasteiger partial charge in [-0.1, -0.05) is 18.2 Å². The molecule has 0 atom stereocenters. The van der Waals surface area contributed by atoms with Gasteiger partial charge in [-0.05, 0) is 78.0 Å². The zero-order valence-corrected chi connectivity index (χ0v) is 18.1. The number of benzene rings is 1. The SMILES string of the molecule is CSc1ccccc1CN1CCCN(C)CCN(C)CCCN(C)CC1. The molecule has 0 bridgehead atoms. The molecule has 0 aliphatic carbocycles. The van der Waals surface area contributed by atoms with Crippen LogP contribution in [0.15, 0.2) is 29.2 Å². The van der Waals surface area contributed by atoms with E-state index in [1.165, 1.54) is 62.6 Å². The quantitative estimate of drug-likeness (QED) is 0.748. The maximum Gasteiger partial charge on any atom is 0.0245 e. The Balaban J connectivity index is 1.97. The van der Waals surface area contributed by atoms with Gasteiger partial charge in [0.2, 0.25) is 0 Å². The monoisotopic (exact) mass is 378 g/mol. The Bertz CT molecular complexity index is 511. The number of rotatable bonds is 3. The molecular formula is C21H38N4S. The van der Waals surface area contributed by atoms with E-state index in [9.17, 15) is 0 Å². The standard InChI is InChI=1S/C21H38N4S/c1-22-11-7-12-24(3)17-18-25(14-8-13-23(2)16-15-22)19-20-9-5-6-10-21(20)26-4/h5-6,9-10H,7-8,11-19H2,1-4H3. The molecule has 0 unspecified atom stereocenters. The van der Waals surface area contributed by atoms with Gasteiger partial charge < -0.3 is 14.7 Å². The molecule has 1 aromatic rings. The van der Waals surface area contributed by atoms with Crippen molar-refractivity contribution < 1.29 is 0 Å². The molecular weight excluding hydrogens is 340 g/mol. The van der Waals surface area contributed by atoms with Gasteiger partial charge in [0.15, 0.2) is 0 Å².